The zero-order valence-corrected chi connectivity index (χ0v) is 9.66. The zero-order valence-electron chi connectivity index (χ0n) is 9.66. The molecule has 0 aromatic rings. The van der Waals surface area contributed by atoms with Crippen molar-refractivity contribution < 1.29 is 9.53 Å². The van der Waals surface area contributed by atoms with Crippen molar-refractivity contribution in [2.24, 2.45) is 5.92 Å². The number of esters is 1. The van der Waals surface area contributed by atoms with Gasteiger partial charge in [-0.1, -0.05) is 19.1 Å². The molecule has 0 heterocycles. The third-order valence-corrected chi connectivity index (χ3v) is 2.92. The molecule has 3 heteroatoms. The Morgan fingerprint density at radius 1 is 1.60 bits per heavy atom. The molecule has 0 bridgehead atoms. The van der Waals surface area contributed by atoms with Crippen molar-refractivity contribution in [3.05, 3.63) is 12.2 Å². The molecular weight excluding hydrogens is 190 g/mol. The second kappa shape index (κ2) is 6.62. The Balaban J connectivity index is 2.27. The fourth-order valence-electron chi connectivity index (χ4n) is 1.89. The maximum atomic E-state index is 11.3. The molecule has 0 aliphatic heterocycles. The van der Waals surface area contributed by atoms with Crippen LogP contribution in [0.15, 0.2) is 12.2 Å². The molecule has 0 radical (unpaired) electrons. The van der Waals surface area contributed by atoms with Crippen LogP contribution >= 0.6 is 0 Å². The van der Waals surface area contributed by atoms with Crippen LogP contribution in [0.4, 0.5) is 0 Å². The average Bonchev–Trinajstić information content (AvgIpc) is 2.31. The number of hydrogen-bond donors (Lipinski definition) is 1. The molecule has 1 aliphatic carbocycles. The van der Waals surface area contributed by atoms with Gasteiger partial charge >= 0.3 is 5.97 Å². The molecule has 2 atom stereocenters. The van der Waals surface area contributed by atoms with Gasteiger partial charge in [0.2, 0.25) is 0 Å². The van der Waals surface area contributed by atoms with Crippen molar-refractivity contribution in [2.75, 3.05) is 13.7 Å². The maximum absolute atomic E-state index is 11.3. The summed E-state index contributed by atoms with van der Waals surface area (Å²) in [5.41, 5.74) is 0. The Bertz CT molecular complexity index is 226. The third-order valence-electron chi connectivity index (χ3n) is 2.92. The minimum Gasteiger partial charge on any atom is -0.468 e. The van der Waals surface area contributed by atoms with Crippen LogP contribution in [0.1, 0.15) is 32.6 Å². The van der Waals surface area contributed by atoms with Crippen LogP contribution in [0.2, 0.25) is 0 Å². The van der Waals surface area contributed by atoms with Crippen molar-refractivity contribution in [3.63, 3.8) is 0 Å². The number of hydrogen-bond acceptors (Lipinski definition) is 3. The highest BCUT2D eigenvalue weighted by atomic mass is 16.5. The van der Waals surface area contributed by atoms with Gasteiger partial charge in [-0.15, -0.1) is 0 Å². The van der Waals surface area contributed by atoms with E-state index in [1.165, 1.54) is 20.0 Å². The summed E-state index contributed by atoms with van der Waals surface area (Å²) in [5.74, 6) is 0.526. The van der Waals surface area contributed by atoms with Crippen LogP contribution in [0.5, 0.6) is 0 Å². The highest BCUT2D eigenvalue weighted by Crippen LogP contribution is 2.17. The summed E-state index contributed by atoms with van der Waals surface area (Å²) in [6, 6.07) is -0.138. The molecule has 0 amide bonds. The first-order valence-corrected chi connectivity index (χ1v) is 5.74. The van der Waals surface area contributed by atoms with E-state index in [1.807, 2.05) is 6.92 Å². The smallest absolute Gasteiger partial charge is 0.322 e. The molecule has 3 nitrogen and oxygen atoms in total. The fourth-order valence-corrected chi connectivity index (χ4v) is 1.89. The van der Waals surface area contributed by atoms with Gasteiger partial charge in [-0.2, -0.15) is 0 Å². The lowest BCUT2D eigenvalue weighted by Crippen LogP contribution is -2.39. The quantitative estimate of drug-likeness (QED) is 0.557. The van der Waals surface area contributed by atoms with E-state index in [2.05, 4.69) is 17.5 Å². The van der Waals surface area contributed by atoms with Crippen molar-refractivity contribution in [2.45, 2.75) is 38.6 Å². The summed E-state index contributed by atoms with van der Waals surface area (Å²) >= 11 is 0. The number of carbonyl (C=O) groups is 1. The van der Waals surface area contributed by atoms with Crippen LogP contribution in [-0.4, -0.2) is 25.7 Å². The Morgan fingerprint density at radius 3 is 2.93 bits per heavy atom. The van der Waals surface area contributed by atoms with Crippen LogP contribution in [0, 0.1) is 5.92 Å². The second-order valence-electron chi connectivity index (χ2n) is 4.04. The molecule has 1 N–H and O–H groups in total. The number of allylic oxidation sites excluding steroid dienone is 2. The number of nitrogens with one attached hydrogen (secondary N) is 1. The van der Waals surface area contributed by atoms with E-state index < -0.39 is 0 Å². The van der Waals surface area contributed by atoms with E-state index in [9.17, 15) is 4.79 Å². The number of carbonyl (C=O) groups excluding carboxylic acids is 1. The van der Waals surface area contributed by atoms with Gasteiger partial charge in [0.25, 0.3) is 0 Å². The topological polar surface area (TPSA) is 38.3 Å². The summed E-state index contributed by atoms with van der Waals surface area (Å²) in [6.07, 6.45) is 8.77. The minimum atomic E-state index is -0.149. The molecule has 2 unspecified atom stereocenters. The summed E-state index contributed by atoms with van der Waals surface area (Å²) < 4.78 is 4.73. The van der Waals surface area contributed by atoms with E-state index in [1.54, 1.807) is 0 Å². The highest BCUT2D eigenvalue weighted by molar-refractivity contribution is 5.75. The van der Waals surface area contributed by atoms with Crippen molar-refractivity contribution in [3.8, 4) is 0 Å². The molecule has 0 aromatic heterocycles. The lowest BCUT2D eigenvalue weighted by atomic mass is 9.94. The minimum absolute atomic E-state index is 0.138. The van der Waals surface area contributed by atoms with E-state index >= 15 is 0 Å². The summed E-state index contributed by atoms with van der Waals surface area (Å²) in [5, 5.41) is 3.28. The molecule has 0 spiro atoms. The average molecular weight is 211 g/mol. The Hall–Kier alpha value is -0.830. The second-order valence-corrected chi connectivity index (χ2v) is 4.04. The predicted molar refractivity (Wildman–Crippen MR) is 60.6 cm³/mol. The summed E-state index contributed by atoms with van der Waals surface area (Å²) in [7, 11) is 1.44. The lowest BCUT2D eigenvalue weighted by Gasteiger charge is -2.21. The van der Waals surface area contributed by atoms with E-state index in [-0.39, 0.29) is 12.0 Å². The largest absolute Gasteiger partial charge is 0.468 e. The SMILES string of the molecule is CCC(NCC1CC=CCC1)C(=O)OC. The van der Waals surface area contributed by atoms with Crippen LogP contribution in [-0.2, 0) is 9.53 Å². The van der Waals surface area contributed by atoms with Crippen LogP contribution < -0.4 is 5.32 Å². The van der Waals surface area contributed by atoms with Gasteiger partial charge < -0.3 is 10.1 Å². The molecule has 0 aromatic carbocycles. The standard InChI is InChI=1S/C12H21NO2/c1-3-11(12(14)15-2)13-9-10-7-5-4-6-8-10/h4-5,10-11,13H,3,6-9H2,1-2H3. The van der Waals surface area contributed by atoms with Gasteiger partial charge in [0.1, 0.15) is 6.04 Å². The number of rotatable bonds is 5. The maximum Gasteiger partial charge on any atom is 0.322 e. The normalized spacial score (nSPS) is 22.4. The number of methoxy groups -OCH3 is 1. The van der Waals surface area contributed by atoms with Crippen molar-refractivity contribution >= 4 is 5.97 Å². The highest BCUT2D eigenvalue weighted by Gasteiger charge is 2.18. The van der Waals surface area contributed by atoms with Crippen molar-refractivity contribution in [1.29, 1.82) is 0 Å². The van der Waals surface area contributed by atoms with Gasteiger partial charge in [-0.05, 0) is 38.1 Å². The zero-order chi connectivity index (χ0) is 11.1. The third kappa shape index (κ3) is 4.04. The Labute approximate surface area is 91.9 Å². The molecule has 0 saturated heterocycles. The molecule has 0 saturated carbocycles. The van der Waals surface area contributed by atoms with Gasteiger partial charge in [0, 0.05) is 0 Å². The molecule has 86 valence electrons. The first-order chi connectivity index (χ1) is 7.27. The first kappa shape index (κ1) is 12.2. The Morgan fingerprint density at radius 2 is 2.40 bits per heavy atom. The fraction of sp³-hybridized carbons (Fsp3) is 0.750. The van der Waals surface area contributed by atoms with E-state index in [0.29, 0.717) is 5.92 Å². The molecule has 1 rings (SSSR count). The molecule has 15 heavy (non-hydrogen) atoms. The molecule has 0 fully saturated rings. The van der Waals surface area contributed by atoms with E-state index in [4.69, 9.17) is 4.74 Å². The monoisotopic (exact) mass is 211 g/mol. The summed E-state index contributed by atoms with van der Waals surface area (Å²) in [4.78, 5) is 11.3. The van der Waals surface area contributed by atoms with Gasteiger partial charge in [-0.3, -0.25) is 4.79 Å². The van der Waals surface area contributed by atoms with Crippen LogP contribution in [0.3, 0.4) is 0 Å². The van der Waals surface area contributed by atoms with Crippen molar-refractivity contribution in [1.82, 2.24) is 5.32 Å². The number of ether oxygens (including phenoxy) is 1. The summed E-state index contributed by atoms with van der Waals surface area (Å²) in [6.45, 7) is 2.91. The molecular formula is C12H21NO2. The van der Waals surface area contributed by atoms with Crippen LogP contribution in [0.25, 0.3) is 0 Å². The van der Waals surface area contributed by atoms with Gasteiger partial charge in [-0.25, -0.2) is 0 Å². The molecule has 1 aliphatic rings. The van der Waals surface area contributed by atoms with Gasteiger partial charge in [0.15, 0.2) is 0 Å². The predicted octanol–water partition coefficient (Wildman–Crippen LogP) is 1.88. The van der Waals surface area contributed by atoms with E-state index in [0.717, 1.165) is 19.4 Å². The Kier molecular flexibility index (Phi) is 5.40. The van der Waals surface area contributed by atoms with Gasteiger partial charge in [0.05, 0.1) is 7.11 Å². The lowest BCUT2D eigenvalue weighted by molar-refractivity contribution is -0.143. The first-order valence-electron chi connectivity index (χ1n) is 5.74.